The van der Waals surface area contributed by atoms with Crippen LogP contribution in [0.3, 0.4) is 0 Å². The first-order chi connectivity index (χ1) is 5.00. The van der Waals surface area contributed by atoms with E-state index in [2.05, 4.69) is 25.9 Å². The van der Waals surface area contributed by atoms with E-state index in [-0.39, 0.29) is 4.73 Å². The Morgan fingerprint density at radius 2 is 1.64 bits per heavy atom. The van der Waals surface area contributed by atoms with Gasteiger partial charge in [0.1, 0.15) is 0 Å². The van der Waals surface area contributed by atoms with E-state index in [4.69, 9.17) is 0 Å². The molecular formula is C5H2BrF3N2. The van der Waals surface area contributed by atoms with Crippen molar-refractivity contribution >= 4 is 15.9 Å². The molecule has 0 saturated carbocycles. The fraction of sp³-hybridized carbons (Fsp3) is 0.200. The van der Waals surface area contributed by atoms with Crippen LogP contribution in [0.15, 0.2) is 17.1 Å². The Labute approximate surface area is 68.6 Å². The average molecular weight is 227 g/mol. The summed E-state index contributed by atoms with van der Waals surface area (Å²) in [6.07, 6.45) is -2.92. The lowest BCUT2D eigenvalue weighted by molar-refractivity contribution is -0.138. The number of hydrogen-bond acceptors (Lipinski definition) is 2. The molecule has 60 valence electrons. The maximum Gasteiger partial charge on any atom is 0.419 e. The second-order valence-corrected chi connectivity index (χ2v) is 2.45. The van der Waals surface area contributed by atoms with Crippen molar-refractivity contribution in [2.75, 3.05) is 0 Å². The van der Waals surface area contributed by atoms with Crippen LogP contribution in [0.1, 0.15) is 5.56 Å². The van der Waals surface area contributed by atoms with Crippen molar-refractivity contribution in [3.8, 4) is 0 Å². The molecule has 0 saturated heterocycles. The van der Waals surface area contributed by atoms with Gasteiger partial charge in [-0.25, -0.2) is 9.97 Å². The van der Waals surface area contributed by atoms with Gasteiger partial charge in [-0.2, -0.15) is 13.2 Å². The lowest BCUT2D eigenvalue weighted by Gasteiger charge is -2.03. The topological polar surface area (TPSA) is 25.8 Å². The zero-order chi connectivity index (χ0) is 8.48. The van der Waals surface area contributed by atoms with Gasteiger partial charge in [0, 0.05) is 12.4 Å². The molecule has 1 aromatic heterocycles. The minimum Gasteiger partial charge on any atom is -0.230 e. The Kier molecular flexibility index (Phi) is 2.12. The van der Waals surface area contributed by atoms with Gasteiger partial charge < -0.3 is 0 Å². The van der Waals surface area contributed by atoms with Crippen molar-refractivity contribution in [2.24, 2.45) is 0 Å². The summed E-state index contributed by atoms with van der Waals surface area (Å²) in [7, 11) is 0. The molecule has 0 N–H and O–H groups in total. The minimum atomic E-state index is -4.36. The first-order valence-corrected chi connectivity index (χ1v) is 3.34. The monoisotopic (exact) mass is 226 g/mol. The second kappa shape index (κ2) is 2.77. The van der Waals surface area contributed by atoms with Crippen molar-refractivity contribution in [3.05, 3.63) is 22.7 Å². The highest BCUT2D eigenvalue weighted by atomic mass is 79.9. The van der Waals surface area contributed by atoms with E-state index in [1.807, 2.05) is 0 Å². The molecular weight excluding hydrogens is 225 g/mol. The maximum atomic E-state index is 11.8. The van der Waals surface area contributed by atoms with E-state index in [0.29, 0.717) is 0 Å². The molecule has 11 heavy (non-hydrogen) atoms. The largest absolute Gasteiger partial charge is 0.419 e. The van der Waals surface area contributed by atoms with Crippen molar-refractivity contribution in [1.82, 2.24) is 9.97 Å². The fourth-order valence-corrected chi connectivity index (χ4v) is 0.663. The molecule has 0 spiro atoms. The van der Waals surface area contributed by atoms with Crippen LogP contribution in [0.4, 0.5) is 13.2 Å². The van der Waals surface area contributed by atoms with Gasteiger partial charge in [0.2, 0.25) is 0 Å². The third-order valence-corrected chi connectivity index (χ3v) is 1.36. The third kappa shape index (κ3) is 2.14. The summed E-state index contributed by atoms with van der Waals surface area (Å²) in [6.45, 7) is 0. The van der Waals surface area contributed by atoms with E-state index < -0.39 is 11.7 Å². The summed E-state index contributed by atoms with van der Waals surface area (Å²) in [5, 5.41) is 0. The smallest absolute Gasteiger partial charge is 0.230 e. The molecule has 2 nitrogen and oxygen atoms in total. The van der Waals surface area contributed by atoms with E-state index >= 15 is 0 Å². The molecule has 6 heteroatoms. The molecule has 0 fully saturated rings. The van der Waals surface area contributed by atoms with Gasteiger partial charge in [0.15, 0.2) is 4.73 Å². The summed E-state index contributed by atoms with van der Waals surface area (Å²) in [6, 6.07) is 0. The van der Waals surface area contributed by atoms with Gasteiger partial charge >= 0.3 is 6.18 Å². The molecule has 0 atom stereocenters. The van der Waals surface area contributed by atoms with Gasteiger partial charge in [-0.05, 0) is 15.9 Å². The van der Waals surface area contributed by atoms with Crippen LogP contribution in [0, 0.1) is 0 Å². The van der Waals surface area contributed by atoms with Crippen molar-refractivity contribution < 1.29 is 13.2 Å². The summed E-state index contributed by atoms with van der Waals surface area (Å²) in [5.74, 6) is 0. The van der Waals surface area contributed by atoms with Crippen LogP contribution >= 0.6 is 15.9 Å². The molecule has 0 aliphatic carbocycles. The Bertz CT molecular complexity index is 243. The van der Waals surface area contributed by atoms with Crippen molar-refractivity contribution in [2.45, 2.75) is 6.18 Å². The Morgan fingerprint density at radius 3 is 2.00 bits per heavy atom. The van der Waals surface area contributed by atoms with Gasteiger partial charge in [0.25, 0.3) is 0 Å². The van der Waals surface area contributed by atoms with Gasteiger partial charge in [-0.15, -0.1) is 0 Å². The standard InChI is InChI=1S/C5H2BrF3N2/c6-4-10-1-3(2-11-4)5(7,8)9/h1-2H. The number of hydrogen-bond donors (Lipinski definition) is 0. The number of rotatable bonds is 0. The Morgan fingerprint density at radius 1 is 1.18 bits per heavy atom. The minimum absolute atomic E-state index is 0.144. The zero-order valence-electron chi connectivity index (χ0n) is 5.06. The van der Waals surface area contributed by atoms with Gasteiger partial charge in [-0.1, -0.05) is 0 Å². The average Bonchev–Trinajstić information content (AvgIpc) is 1.86. The van der Waals surface area contributed by atoms with Crippen molar-refractivity contribution in [3.63, 3.8) is 0 Å². The molecule has 0 aromatic carbocycles. The van der Waals surface area contributed by atoms with Crippen LogP contribution < -0.4 is 0 Å². The zero-order valence-corrected chi connectivity index (χ0v) is 6.65. The summed E-state index contributed by atoms with van der Waals surface area (Å²) >= 11 is 2.82. The lowest BCUT2D eigenvalue weighted by Crippen LogP contribution is -2.05. The van der Waals surface area contributed by atoms with Gasteiger partial charge in [-0.3, -0.25) is 0 Å². The predicted octanol–water partition coefficient (Wildman–Crippen LogP) is 2.26. The molecule has 0 radical (unpaired) electrons. The molecule has 0 aliphatic rings. The SMILES string of the molecule is FC(F)(F)c1cnc(Br)nc1. The summed E-state index contributed by atoms with van der Waals surface area (Å²) < 4.78 is 35.6. The molecule has 1 heterocycles. The normalized spacial score (nSPS) is 11.6. The summed E-state index contributed by atoms with van der Waals surface area (Å²) in [4.78, 5) is 6.66. The quantitative estimate of drug-likeness (QED) is 0.635. The number of aromatic nitrogens is 2. The van der Waals surface area contributed by atoms with Crippen molar-refractivity contribution in [1.29, 1.82) is 0 Å². The molecule has 0 bridgehead atoms. The third-order valence-electron chi connectivity index (χ3n) is 0.948. The Hall–Kier alpha value is -0.650. The number of halogens is 4. The molecule has 0 aliphatic heterocycles. The fourth-order valence-electron chi connectivity index (χ4n) is 0.459. The van der Waals surface area contributed by atoms with E-state index in [0.717, 1.165) is 12.4 Å². The van der Waals surface area contributed by atoms with E-state index in [1.165, 1.54) is 0 Å². The molecule has 0 amide bonds. The highest BCUT2D eigenvalue weighted by Crippen LogP contribution is 2.27. The van der Waals surface area contributed by atoms with Crippen LogP contribution in [0.25, 0.3) is 0 Å². The first kappa shape index (κ1) is 8.45. The highest BCUT2D eigenvalue weighted by molar-refractivity contribution is 9.10. The van der Waals surface area contributed by atoms with E-state index in [9.17, 15) is 13.2 Å². The molecule has 0 unspecified atom stereocenters. The number of nitrogens with zero attached hydrogens (tertiary/aromatic N) is 2. The number of alkyl halides is 3. The van der Waals surface area contributed by atoms with E-state index in [1.54, 1.807) is 0 Å². The first-order valence-electron chi connectivity index (χ1n) is 2.55. The van der Waals surface area contributed by atoms with Gasteiger partial charge in [0.05, 0.1) is 5.56 Å². The second-order valence-electron chi connectivity index (χ2n) is 1.74. The molecule has 1 aromatic rings. The van der Waals surface area contributed by atoms with Crippen LogP contribution in [-0.2, 0) is 6.18 Å². The van der Waals surface area contributed by atoms with Crippen LogP contribution in [0.2, 0.25) is 0 Å². The van der Waals surface area contributed by atoms with Crippen LogP contribution in [0.5, 0.6) is 0 Å². The Balaban J connectivity index is 2.99. The molecule has 1 rings (SSSR count). The predicted molar refractivity (Wildman–Crippen MR) is 34.7 cm³/mol. The van der Waals surface area contributed by atoms with Crippen LogP contribution in [-0.4, -0.2) is 9.97 Å². The maximum absolute atomic E-state index is 11.8. The lowest BCUT2D eigenvalue weighted by atomic mass is 10.3. The summed E-state index contributed by atoms with van der Waals surface area (Å²) in [5.41, 5.74) is -0.847. The highest BCUT2D eigenvalue weighted by Gasteiger charge is 2.31.